The van der Waals surface area contributed by atoms with Crippen molar-refractivity contribution in [1.82, 2.24) is 9.97 Å². The Morgan fingerprint density at radius 2 is 2.00 bits per heavy atom. The van der Waals surface area contributed by atoms with Gasteiger partial charge in [-0.05, 0) is 12.1 Å². The van der Waals surface area contributed by atoms with E-state index in [0.717, 1.165) is 15.4 Å². The van der Waals surface area contributed by atoms with E-state index < -0.39 is 0 Å². The molecule has 0 aliphatic carbocycles. The SMILES string of the molecule is c1ccc(-c2ncc([C@H]3CC(Oc4cccnc4)=NO3)s2)cc1. The van der Waals surface area contributed by atoms with Gasteiger partial charge < -0.3 is 9.57 Å². The second kappa shape index (κ2) is 6.18. The number of hydrogen-bond donors (Lipinski definition) is 0. The van der Waals surface area contributed by atoms with E-state index in [2.05, 4.69) is 15.1 Å². The molecule has 0 unspecified atom stereocenters. The van der Waals surface area contributed by atoms with Crippen molar-refractivity contribution >= 4 is 17.2 Å². The standard InChI is InChI=1S/C17H13N3O2S/c1-2-5-12(6-3-1)17-19-11-15(23-17)14-9-16(20-22-14)21-13-7-4-8-18-10-13/h1-8,10-11,14H,9H2/t14-/m1/s1. The number of pyridine rings is 1. The third-order valence-corrected chi connectivity index (χ3v) is 4.51. The van der Waals surface area contributed by atoms with Gasteiger partial charge in [-0.1, -0.05) is 35.5 Å². The first-order valence-electron chi connectivity index (χ1n) is 7.20. The minimum absolute atomic E-state index is 0.142. The zero-order valence-corrected chi connectivity index (χ0v) is 12.9. The lowest BCUT2D eigenvalue weighted by Crippen LogP contribution is -2.06. The summed E-state index contributed by atoms with van der Waals surface area (Å²) in [6.45, 7) is 0. The average molecular weight is 323 g/mol. The summed E-state index contributed by atoms with van der Waals surface area (Å²) in [5.41, 5.74) is 1.11. The van der Waals surface area contributed by atoms with Crippen molar-refractivity contribution in [3.8, 4) is 16.3 Å². The number of aromatic nitrogens is 2. The van der Waals surface area contributed by atoms with E-state index >= 15 is 0 Å². The summed E-state index contributed by atoms with van der Waals surface area (Å²) in [7, 11) is 0. The van der Waals surface area contributed by atoms with E-state index in [1.165, 1.54) is 0 Å². The van der Waals surface area contributed by atoms with Crippen LogP contribution in [0, 0.1) is 0 Å². The maximum atomic E-state index is 5.67. The van der Waals surface area contributed by atoms with Gasteiger partial charge in [0.15, 0.2) is 6.10 Å². The smallest absolute Gasteiger partial charge is 0.235 e. The summed E-state index contributed by atoms with van der Waals surface area (Å²) in [5, 5.41) is 4.99. The van der Waals surface area contributed by atoms with E-state index in [-0.39, 0.29) is 6.10 Å². The highest BCUT2D eigenvalue weighted by Crippen LogP contribution is 2.34. The summed E-state index contributed by atoms with van der Waals surface area (Å²) in [5.74, 6) is 1.21. The van der Waals surface area contributed by atoms with Gasteiger partial charge in [0, 0.05) is 18.0 Å². The molecule has 2 aromatic heterocycles. The molecule has 6 heteroatoms. The molecule has 4 rings (SSSR count). The Hall–Kier alpha value is -2.73. The van der Waals surface area contributed by atoms with Gasteiger partial charge in [-0.25, -0.2) is 4.98 Å². The van der Waals surface area contributed by atoms with Crippen molar-refractivity contribution in [2.45, 2.75) is 12.5 Å². The van der Waals surface area contributed by atoms with Gasteiger partial charge in [0.25, 0.3) is 0 Å². The van der Waals surface area contributed by atoms with Crippen LogP contribution < -0.4 is 4.74 Å². The van der Waals surface area contributed by atoms with E-state index in [1.807, 2.05) is 48.7 Å². The monoisotopic (exact) mass is 323 g/mol. The molecule has 1 atom stereocenters. The molecule has 23 heavy (non-hydrogen) atoms. The van der Waals surface area contributed by atoms with Crippen LogP contribution in [0.15, 0.2) is 66.2 Å². The summed E-state index contributed by atoms with van der Waals surface area (Å²) >= 11 is 1.61. The Labute approximate surface area is 137 Å². The second-order valence-corrected chi connectivity index (χ2v) is 6.07. The number of benzene rings is 1. The topological polar surface area (TPSA) is 56.6 Å². The van der Waals surface area contributed by atoms with E-state index in [1.54, 1.807) is 23.7 Å². The van der Waals surface area contributed by atoms with Gasteiger partial charge >= 0.3 is 0 Å². The average Bonchev–Trinajstić information content (AvgIpc) is 3.26. The molecular weight excluding hydrogens is 310 g/mol. The molecule has 0 saturated heterocycles. The predicted octanol–water partition coefficient (Wildman–Crippen LogP) is 4.06. The van der Waals surface area contributed by atoms with Crippen LogP contribution in [0.2, 0.25) is 0 Å². The number of oxime groups is 1. The summed E-state index contributed by atoms with van der Waals surface area (Å²) in [4.78, 5) is 15.0. The van der Waals surface area contributed by atoms with Gasteiger partial charge in [-0.15, -0.1) is 11.3 Å². The minimum Gasteiger partial charge on any atom is -0.438 e. The Morgan fingerprint density at radius 3 is 2.83 bits per heavy atom. The highest BCUT2D eigenvalue weighted by molar-refractivity contribution is 7.15. The van der Waals surface area contributed by atoms with Crippen LogP contribution in [0.4, 0.5) is 0 Å². The van der Waals surface area contributed by atoms with Crippen molar-refractivity contribution < 1.29 is 9.57 Å². The molecule has 3 aromatic rings. The summed E-state index contributed by atoms with van der Waals surface area (Å²) < 4.78 is 5.67. The van der Waals surface area contributed by atoms with E-state index in [0.29, 0.717) is 18.1 Å². The van der Waals surface area contributed by atoms with Gasteiger partial charge in [-0.2, -0.15) is 0 Å². The minimum atomic E-state index is -0.142. The fraction of sp³-hybridized carbons (Fsp3) is 0.118. The first-order valence-corrected chi connectivity index (χ1v) is 8.02. The largest absolute Gasteiger partial charge is 0.438 e. The van der Waals surface area contributed by atoms with Crippen molar-refractivity contribution in [3.63, 3.8) is 0 Å². The highest BCUT2D eigenvalue weighted by Gasteiger charge is 2.26. The quantitative estimate of drug-likeness (QED) is 0.729. The van der Waals surface area contributed by atoms with Crippen molar-refractivity contribution in [1.29, 1.82) is 0 Å². The molecule has 0 N–H and O–H groups in total. The summed E-state index contributed by atoms with van der Waals surface area (Å²) in [6.07, 6.45) is 5.64. The number of thiazole rings is 1. The van der Waals surface area contributed by atoms with Crippen molar-refractivity contribution in [2.75, 3.05) is 0 Å². The Morgan fingerprint density at radius 1 is 1.09 bits per heavy atom. The third kappa shape index (κ3) is 3.07. The molecule has 0 amide bonds. The van der Waals surface area contributed by atoms with Crippen LogP contribution in [0.1, 0.15) is 17.4 Å². The lowest BCUT2D eigenvalue weighted by molar-refractivity contribution is 0.0879. The van der Waals surface area contributed by atoms with Crippen LogP contribution in [-0.2, 0) is 4.84 Å². The molecule has 0 spiro atoms. The Bertz CT molecular complexity index is 818. The summed E-state index contributed by atoms with van der Waals surface area (Å²) in [6, 6.07) is 13.8. The zero-order chi connectivity index (χ0) is 15.5. The molecule has 0 fully saturated rings. The van der Waals surface area contributed by atoms with Gasteiger partial charge in [0.1, 0.15) is 10.8 Å². The van der Waals surface area contributed by atoms with Crippen LogP contribution in [0.3, 0.4) is 0 Å². The van der Waals surface area contributed by atoms with Crippen LogP contribution in [0.25, 0.3) is 10.6 Å². The zero-order valence-electron chi connectivity index (χ0n) is 12.1. The lowest BCUT2D eigenvalue weighted by atomic mass is 10.2. The Kier molecular flexibility index (Phi) is 3.73. The Balaban J connectivity index is 1.44. The highest BCUT2D eigenvalue weighted by atomic mass is 32.1. The second-order valence-electron chi connectivity index (χ2n) is 5.01. The molecule has 5 nitrogen and oxygen atoms in total. The van der Waals surface area contributed by atoms with E-state index in [4.69, 9.17) is 9.57 Å². The molecule has 114 valence electrons. The molecule has 1 aliphatic rings. The predicted molar refractivity (Wildman–Crippen MR) is 88.3 cm³/mol. The third-order valence-electron chi connectivity index (χ3n) is 3.37. The normalized spacial score (nSPS) is 16.7. The number of rotatable bonds is 3. The lowest BCUT2D eigenvalue weighted by Gasteiger charge is -2.04. The number of nitrogens with zero attached hydrogens (tertiary/aromatic N) is 3. The van der Waals surface area contributed by atoms with Crippen LogP contribution in [-0.4, -0.2) is 15.9 Å². The molecular formula is C17H13N3O2S. The fourth-order valence-corrected chi connectivity index (χ4v) is 3.21. The fourth-order valence-electron chi connectivity index (χ4n) is 2.26. The maximum Gasteiger partial charge on any atom is 0.235 e. The van der Waals surface area contributed by atoms with Crippen molar-refractivity contribution in [3.05, 3.63) is 65.9 Å². The molecule has 0 bridgehead atoms. The first-order chi connectivity index (χ1) is 11.4. The van der Waals surface area contributed by atoms with Crippen LogP contribution >= 0.6 is 11.3 Å². The van der Waals surface area contributed by atoms with E-state index in [9.17, 15) is 0 Å². The van der Waals surface area contributed by atoms with Gasteiger partial charge in [-0.3, -0.25) is 4.98 Å². The van der Waals surface area contributed by atoms with Gasteiger partial charge in [0.2, 0.25) is 5.90 Å². The van der Waals surface area contributed by atoms with Crippen LogP contribution in [0.5, 0.6) is 5.75 Å². The molecule has 1 aromatic carbocycles. The van der Waals surface area contributed by atoms with Gasteiger partial charge in [0.05, 0.1) is 17.5 Å². The first kappa shape index (κ1) is 13.9. The van der Waals surface area contributed by atoms with Crippen molar-refractivity contribution in [2.24, 2.45) is 5.16 Å². The molecule has 0 radical (unpaired) electrons. The maximum absolute atomic E-state index is 5.67. The molecule has 3 heterocycles. The molecule has 1 aliphatic heterocycles. The number of ether oxygens (including phenoxy) is 1. The number of hydrogen-bond acceptors (Lipinski definition) is 6. The molecule has 0 saturated carbocycles.